The molecule has 3 heterocycles. The first-order valence-corrected chi connectivity index (χ1v) is 11.5. The maximum atomic E-state index is 11.2. The van der Waals surface area contributed by atoms with Gasteiger partial charge in [0, 0.05) is 23.3 Å². The number of nitrogens with zero attached hydrogens (tertiary/aromatic N) is 3. The van der Waals surface area contributed by atoms with Crippen molar-refractivity contribution in [2.75, 3.05) is 13.1 Å². The molecule has 5 rings (SSSR count). The summed E-state index contributed by atoms with van der Waals surface area (Å²) in [5.74, 6) is 0.848. The van der Waals surface area contributed by atoms with Crippen LogP contribution in [0, 0.1) is 5.92 Å². The molecule has 32 heavy (non-hydrogen) atoms. The number of aromatic hydroxyl groups is 1. The molecule has 1 saturated heterocycles. The number of benzene rings is 2. The Morgan fingerprint density at radius 1 is 0.938 bits per heavy atom. The Balaban J connectivity index is 1.46. The molecule has 4 nitrogen and oxygen atoms in total. The fourth-order valence-electron chi connectivity index (χ4n) is 4.86. The number of hydrogen-bond donors (Lipinski definition) is 1. The molecule has 2 aromatic carbocycles. The van der Waals surface area contributed by atoms with Crippen molar-refractivity contribution in [3.05, 3.63) is 101 Å². The summed E-state index contributed by atoms with van der Waals surface area (Å²) in [4.78, 5) is 11.5. The highest BCUT2D eigenvalue weighted by Gasteiger charge is 2.31. The van der Waals surface area contributed by atoms with Gasteiger partial charge in [-0.2, -0.15) is 0 Å². The maximum Gasteiger partial charge on any atom is 0.147 e. The zero-order valence-electron chi connectivity index (χ0n) is 17.9. The van der Waals surface area contributed by atoms with Gasteiger partial charge in [0.05, 0.1) is 16.8 Å². The lowest BCUT2D eigenvalue weighted by Crippen LogP contribution is -2.38. The molecule has 0 amide bonds. The second kappa shape index (κ2) is 9.27. The van der Waals surface area contributed by atoms with E-state index < -0.39 is 0 Å². The van der Waals surface area contributed by atoms with Crippen molar-refractivity contribution in [1.29, 1.82) is 0 Å². The molecule has 0 aliphatic carbocycles. The van der Waals surface area contributed by atoms with E-state index in [0.717, 1.165) is 49.0 Å². The van der Waals surface area contributed by atoms with Crippen LogP contribution in [0.3, 0.4) is 0 Å². The van der Waals surface area contributed by atoms with Gasteiger partial charge in [0.15, 0.2) is 0 Å². The fourth-order valence-corrected chi connectivity index (χ4v) is 5.13. The summed E-state index contributed by atoms with van der Waals surface area (Å²) in [6, 6.07) is 22.1. The number of halogens is 1. The molecule has 1 atom stereocenters. The van der Waals surface area contributed by atoms with Crippen molar-refractivity contribution in [3.63, 3.8) is 0 Å². The SMILES string of the molecule is Oc1c([C@@H](c2ccccn2)N2CCC(Cc3ccccc3)CC2)cc(Cl)c2cccnc12. The number of aromatic nitrogens is 2. The minimum Gasteiger partial charge on any atom is -0.505 e. The molecule has 1 N–H and O–H groups in total. The summed E-state index contributed by atoms with van der Waals surface area (Å²) in [7, 11) is 0. The predicted octanol–water partition coefficient (Wildman–Crippen LogP) is 6.03. The molecule has 1 aliphatic heterocycles. The average molecular weight is 444 g/mol. The van der Waals surface area contributed by atoms with E-state index in [0.29, 0.717) is 16.5 Å². The second-order valence-corrected chi connectivity index (χ2v) is 8.93. The number of phenols is 1. The molecule has 0 unspecified atom stereocenters. The normalized spacial score (nSPS) is 16.3. The van der Waals surface area contributed by atoms with Gasteiger partial charge in [0.2, 0.25) is 0 Å². The fraction of sp³-hybridized carbons (Fsp3) is 0.259. The topological polar surface area (TPSA) is 49.3 Å². The highest BCUT2D eigenvalue weighted by molar-refractivity contribution is 6.35. The lowest BCUT2D eigenvalue weighted by molar-refractivity contribution is 0.147. The quantitative estimate of drug-likeness (QED) is 0.409. The molecular formula is C27H26ClN3O. The summed E-state index contributed by atoms with van der Waals surface area (Å²) >= 11 is 6.63. The average Bonchev–Trinajstić information content (AvgIpc) is 2.85. The first-order valence-electron chi connectivity index (χ1n) is 11.2. The number of likely N-dealkylation sites (tertiary alicyclic amines) is 1. The third-order valence-electron chi connectivity index (χ3n) is 6.49. The van der Waals surface area contributed by atoms with Crippen LogP contribution in [0.1, 0.15) is 35.7 Å². The number of piperidine rings is 1. The second-order valence-electron chi connectivity index (χ2n) is 8.52. The standard InChI is InChI=1S/C27H26ClN3O/c28-23-18-22(27(32)25-21(23)9-6-14-30-25)26(24-10-4-5-13-29-24)31-15-11-20(12-16-31)17-19-7-2-1-3-8-19/h1-10,13-14,18,20,26,32H,11-12,15-17H2/t26-/m0/s1. The van der Waals surface area contributed by atoms with E-state index in [1.807, 2.05) is 42.6 Å². The smallest absolute Gasteiger partial charge is 0.147 e. The van der Waals surface area contributed by atoms with E-state index in [-0.39, 0.29) is 11.8 Å². The van der Waals surface area contributed by atoms with Gasteiger partial charge in [-0.3, -0.25) is 14.9 Å². The van der Waals surface area contributed by atoms with Crippen LogP contribution in [0.25, 0.3) is 10.9 Å². The molecule has 0 saturated carbocycles. The van der Waals surface area contributed by atoms with E-state index in [9.17, 15) is 5.11 Å². The Bertz CT molecular complexity index is 1190. The van der Waals surface area contributed by atoms with Crippen molar-refractivity contribution < 1.29 is 5.11 Å². The van der Waals surface area contributed by atoms with Crippen LogP contribution in [-0.4, -0.2) is 33.1 Å². The molecule has 5 heteroatoms. The van der Waals surface area contributed by atoms with Crippen LogP contribution in [-0.2, 0) is 6.42 Å². The molecule has 2 aromatic heterocycles. The van der Waals surface area contributed by atoms with Gasteiger partial charge < -0.3 is 5.11 Å². The van der Waals surface area contributed by atoms with Crippen molar-refractivity contribution >= 4 is 22.5 Å². The Hall–Kier alpha value is -2.95. The van der Waals surface area contributed by atoms with Gasteiger partial charge in [0.1, 0.15) is 11.3 Å². The predicted molar refractivity (Wildman–Crippen MR) is 129 cm³/mol. The lowest BCUT2D eigenvalue weighted by Gasteiger charge is -2.38. The van der Waals surface area contributed by atoms with Crippen molar-refractivity contribution in [2.45, 2.75) is 25.3 Å². The van der Waals surface area contributed by atoms with Crippen molar-refractivity contribution in [3.8, 4) is 5.75 Å². The number of pyridine rings is 2. The van der Waals surface area contributed by atoms with Gasteiger partial charge in [-0.25, -0.2) is 0 Å². The van der Waals surface area contributed by atoms with Crippen LogP contribution in [0.15, 0.2) is 79.1 Å². The number of rotatable bonds is 5. The molecule has 0 spiro atoms. The summed E-state index contributed by atoms with van der Waals surface area (Å²) in [6.45, 7) is 1.88. The lowest BCUT2D eigenvalue weighted by atomic mass is 9.88. The van der Waals surface area contributed by atoms with E-state index in [1.165, 1.54) is 5.56 Å². The zero-order valence-corrected chi connectivity index (χ0v) is 18.6. The van der Waals surface area contributed by atoms with Crippen LogP contribution in [0.2, 0.25) is 5.02 Å². The largest absolute Gasteiger partial charge is 0.505 e. The third-order valence-corrected chi connectivity index (χ3v) is 6.80. The molecular weight excluding hydrogens is 418 g/mol. The van der Waals surface area contributed by atoms with Crippen LogP contribution in [0.5, 0.6) is 5.75 Å². The Morgan fingerprint density at radius 3 is 2.44 bits per heavy atom. The number of fused-ring (bicyclic) bond motifs is 1. The first kappa shape index (κ1) is 20.9. The molecule has 1 aliphatic rings. The Labute approximate surface area is 193 Å². The summed E-state index contributed by atoms with van der Waals surface area (Å²) < 4.78 is 0. The van der Waals surface area contributed by atoms with Crippen LogP contribution >= 0.6 is 11.6 Å². The van der Waals surface area contributed by atoms with Gasteiger partial charge in [-0.15, -0.1) is 0 Å². The summed E-state index contributed by atoms with van der Waals surface area (Å²) in [5.41, 5.74) is 3.62. The van der Waals surface area contributed by atoms with E-state index in [4.69, 9.17) is 11.6 Å². The third kappa shape index (κ3) is 4.21. The number of hydrogen-bond acceptors (Lipinski definition) is 4. The zero-order chi connectivity index (χ0) is 21.9. The molecule has 0 bridgehead atoms. The van der Waals surface area contributed by atoms with E-state index in [1.54, 1.807) is 6.20 Å². The molecule has 4 aromatic rings. The summed E-state index contributed by atoms with van der Waals surface area (Å²) in [5, 5.41) is 12.6. The van der Waals surface area contributed by atoms with Crippen LogP contribution < -0.4 is 0 Å². The van der Waals surface area contributed by atoms with E-state index >= 15 is 0 Å². The molecule has 1 fully saturated rings. The minimum absolute atomic E-state index is 0.169. The first-order chi connectivity index (χ1) is 15.7. The maximum absolute atomic E-state index is 11.2. The van der Waals surface area contributed by atoms with Gasteiger partial charge in [0.25, 0.3) is 0 Å². The Morgan fingerprint density at radius 2 is 1.69 bits per heavy atom. The van der Waals surface area contributed by atoms with Crippen LogP contribution in [0.4, 0.5) is 0 Å². The molecule has 162 valence electrons. The molecule has 0 radical (unpaired) electrons. The van der Waals surface area contributed by atoms with Crippen molar-refractivity contribution in [2.24, 2.45) is 5.92 Å². The van der Waals surface area contributed by atoms with E-state index in [2.05, 4.69) is 45.2 Å². The summed E-state index contributed by atoms with van der Waals surface area (Å²) in [6.07, 6.45) is 6.83. The minimum atomic E-state index is -0.169. The van der Waals surface area contributed by atoms with Crippen molar-refractivity contribution in [1.82, 2.24) is 14.9 Å². The van der Waals surface area contributed by atoms with Gasteiger partial charge >= 0.3 is 0 Å². The highest BCUT2D eigenvalue weighted by atomic mass is 35.5. The highest BCUT2D eigenvalue weighted by Crippen LogP contribution is 2.41. The van der Waals surface area contributed by atoms with Gasteiger partial charge in [-0.1, -0.05) is 48.0 Å². The van der Waals surface area contributed by atoms with Gasteiger partial charge in [-0.05, 0) is 74.2 Å². The Kier molecular flexibility index (Phi) is 6.06. The monoisotopic (exact) mass is 443 g/mol. The number of phenolic OH excluding ortho intramolecular Hbond substituents is 1.